The summed E-state index contributed by atoms with van der Waals surface area (Å²) in [5.74, 6) is -2.87. The summed E-state index contributed by atoms with van der Waals surface area (Å²) >= 11 is 0. The van der Waals surface area contributed by atoms with Gasteiger partial charge in [-0.1, -0.05) is 6.07 Å². The minimum atomic E-state index is -1.04. The molecule has 0 aliphatic heterocycles. The van der Waals surface area contributed by atoms with Crippen molar-refractivity contribution >= 4 is 35.1 Å². The van der Waals surface area contributed by atoms with E-state index >= 15 is 0 Å². The van der Waals surface area contributed by atoms with Crippen molar-refractivity contribution in [3.05, 3.63) is 69.3 Å². The van der Waals surface area contributed by atoms with Crippen LogP contribution in [-0.2, 0) is 14.3 Å². The van der Waals surface area contributed by atoms with Crippen LogP contribution in [0.1, 0.15) is 44.9 Å². The van der Waals surface area contributed by atoms with Crippen LogP contribution in [0.4, 0.5) is 11.4 Å². The fourth-order valence-corrected chi connectivity index (χ4v) is 2.58. The smallest absolute Gasteiger partial charge is 0.338 e. The molecule has 11 nitrogen and oxygen atoms in total. The Morgan fingerprint density at radius 3 is 2.19 bits per heavy atom. The van der Waals surface area contributed by atoms with Crippen molar-refractivity contribution in [1.82, 2.24) is 5.32 Å². The van der Waals surface area contributed by atoms with Gasteiger partial charge in [0.2, 0.25) is 0 Å². The van der Waals surface area contributed by atoms with Crippen LogP contribution in [-0.4, -0.2) is 48.4 Å². The highest BCUT2D eigenvalue weighted by Crippen LogP contribution is 2.19. The number of anilines is 1. The second-order valence-electron chi connectivity index (χ2n) is 6.31. The lowest BCUT2D eigenvalue weighted by atomic mass is 10.1. The molecule has 11 heteroatoms. The molecule has 0 saturated heterocycles. The maximum atomic E-state index is 12.3. The van der Waals surface area contributed by atoms with E-state index in [2.05, 4.69) is 10.6 Å². The van der Waals surface area contributed by atoms with Crippen molar-refractivity contribution in [2.75, 3.05) is 25.1 Å². The molecule has 0 radical (unpaired) electrons. The molecule has 168 valence electrons. The molecule has 2 rings (SSSR count). The normalized spacial score (nSPS) is 10.1. The highest BCUT2D eigenvalue weighted by atomic mass is 16.6. The van der Waals surface area contributed by atoms with E-state index in [4.69, 9.17) is 9.47 Å². The lowest BCUT2D eigenvalue weighted by Crippen LogP contribution is -2.23. The Hall–Kier alpha value is -4.28. The molecule has 0 aliphatic rings. The van der Waals surface area contributed by atoms with Gasteiger partial charge in [0.05, 0.1) is 22.7 Å². The summed E-state index contributed by atoms with van der Waals surface area (Å²) in [6.07, 6.45) is 0. The molecule has 0 spiro atoms. The van der Waals surface area contributed by atoms with Crippen molar-refractivity contribution in [3.8, 4) is 0 Å². The fourth-order valence-electron chi connectivity index (χ4n) is 2.58. The third-order valence-electron chi connectivity index (χ3n) is 3.96. The van der Waals surface area contributed by atoms with Crippen LogP contribution in [0.25, 0.3) is 0 Å². The molecular formula is C21H21N3O8. The number of ether oxygens (including phenoxy) is 2. The van der Waals surface area contributed by atoms with Gasteiger partial charge >= 0.3 is 11.9 Å². The number of rotatable bonds is 9. The van der Waals surface area contributed by atoms with E-state index < -0.39 is 35.1 Å². The maximum Gasteiger partial charge on any atom is 0.338 e. The van der Waals surface area contributed by atoms with E-state index in [1.807, 2.05) is 0 Å². The Bertz CT molecular complexity index is 1050. The molecule has 2 amide bonds. The number of carbonyl (C=O) groups is 4. The standard InChI is InChI=1S/C21H21N3O8/c1-3-22-19(26)13-6-5-7-16(9-13)23-18(25)12-32-21(28)15-8-14(20(27)31-4-2)10-17(11-15)24(29)30/h5-11H,3-4,12H2,1-2H3,(H,22,26)(H,23,25). The first kappa shape index (κ1) is 24.0. The van der Waals surface area contributed by atoms with E-state index in [9.17, 15) is 29.3 Å². The highest BCUT2D eigenvalue weighted by molar-refractivity contribution is 5.99. The van der Waals surface area contributed by atoms with Crippen molar-refractivity contribution in [1.29, 1.82) is 0 Å². The molecule has 0 bridgehead atoms. The second-order valence-corrected chi connectivity index (χ2v) is 6.31. The van der Waals surface area contributed by atoms with E-state index in [1.54, 1.807) is 32.0 Å². The van der Waals surface area contributed by atoms with Crippen LogP contribution in [0, 0.1) is 10.1 Å². The van der Waals surface area contributed by atoms with Crippen LogP contribution in [0.5, 0.6) is 0 Å². The predicted molar refractivity (Wildman–Crippen MR) is 112 cm³/mol. The van der Waals surface area contributed by atoms with Crippen LogP contribution >= 0.6 is 0 Å². The number of non-ortho nitro benzene ring substituents is 1. The van der Waals surface area contributed by atoms with Gasteiger partial charge in [0, 0.05) is 29.9 Å². The van der Waals surface area contributed by atoms with Crippen molar-refractivity contribution in [2.45, 2.75) is 13.8 Å². The first-order chi connectivity index (χ1) is 15.2. The Morgan fingerprint density at radius 1 is 0.938 bits per heavy atom. The van der Waals surface area contributed by atoms with Crippen LogP contribution in [0.15, 0.2) is 42.5 Å². The molecule has 0 heterocycles. The Morgan fingerprint density at radius 2 is 1.59 bits per heavy atom. The summed E-state index contributed by atoms with van der Waals surface area (Å²) in [5, 5.41) is 16.2. The van der Waals surface area contributed by atoms with E-state index in [1.165, 1.54) is 6.07 Å². The average molecular weight is 443 g/mol. The number of amides is 2. The summed E-state index contributed by atoms with van der Waals surface area (Å²) in [6.45, 7) is 3.13. The number of hydrogen-bond acceptors (Lipinski definition) is 8. The number of carbonyl (C=O) groups excluding carboxylic acids is 4. The zero-order valence-electron chi connectivity index (χ0n) is 17.4. The minimum absolute atomic E-state index is 0.0444. The Kier molecular flexibility index (Phi) is 8.40. The molecule has 2 aromatic carbocycles. The molecule has 0 fully saturated rings. The van der Waals surface area contributed by atoms with Gasteiger partial charge in [0.25, 0.3) is 17.5 Å². The van der Waals surface area contributed by atoms with Crippen molar-refractivity contribution in [2.24, 2.45) is 0 Å². The topological polar surface area (TPSA) is 154 Å². The molecule has 32 heavy (non-hydrogen) atoms. The van der Waals surface area contributed by atoms with Crippen molar-refractivity contribution < 1.29 is 33.6 Å². The Balaban J connectivity index is 2.06. The van der Waals surface area contributed by atoms with E-state index in [0.717, 1.165) is 18.2 Å². The minimum Gasteiger partial charge on any atom is -0.462 e. The van der Waals surface area contributed by atoms with Gasteiger partial charge in [-0.05, 0) is 38.1 Å². The quantitative estimate of drug-likeness (QED) is 0.340. The monoisotopic (exact) mass is 443 g/mol. The van der Waals surface area contributed by atoms with Crippen LogP contribution < -0.4 is 10.6 Å². The van der Waals surface area contributed by atoms with E-state index in [0.29, 0.717) is 17.8 Å². The van der Waals surface area contributed by atoms with Gasteiger partial charge in [-0.3, -0.25) is 19.7 Å². The van der Waals surface area contributed by atoms with Gasteiger partial charge in [-0.15, -0.1) is 0 Å². The number of nitrogens with zero attached hydrogens (tertiary/aromatic N) is 1. The third-order valence-corrected chi connectivity index (χ3v) is 3.96. The van der Waals surface area contributed by atoms with Gasteiger partial charge in [-0.2, -0.15) is 0 Å². The van der Waals surface area contributed by atoms with Crippen LogP contribution in [0.2, 0.25) is 0 Å². The molecule has 0 aliphatic carbocycles. The summed E-state index contributed by atoms with van der Waals surface area (Å²) < 4.78 is 9.70. The first-order valence-corrected chi connectivity index (χ1v) is 9.57. The number of nitrogens with one attached hydrogen (secondary N) is 2. The third kappa shape index (κ3) is 6.62. The molecule has 0 unspecified atom stereocenters. The first-order valence-electron chi connectivity index (χ1n) is 9.57. The number of nitro benzene ring substituents is 1. The van der Waals surface area contributed by atoms with Crippen molar-refractivity contribution in [3.63, 3.8) is 0 Å². The lowest BCUT2D eigenvalue weighted by Gasteiger charge is -2.09. The summed E-state index contributed by atoms with van der Waals surface area (Å²) in [4.78, 5) is 58.5. The fraction of sp³-hybridized carbons (Fsp3) is 0.238. The van der Waals surface area contributed by atoms with Gasteiger partial charge < -0.3 is 20.1 Å². The zero-order valence-corrected chi connectivity index (χ0v) is 17.4. The number of esters is 2. The predicted octanol–water partition coefficient (Wildman–Crippen LogP) is 2.32. The number of benzene rings is 2. The summed E-state index contributed by atoms with van der Waals surface area (Å²) in [7, 11) is 0. The van der Waals surface area contributed by atoms with Gasteiger partial charge in [-0.25, -0.2) is 9.59 Å². The molecule has 0 atom stereocenters. The molecule has 0 saturated carbocycles. The molecule has 2 aromatic rings. The van der Waals surface area contributed by atoms with Gasteiger partial charge in [0.15, 0.2) is 6.61 Å². The maximum absolute atomic E-state index is 12.3. The highest BCUT2D eigenvalue weighted by Gasteiger charge is 2.20. The molecular weight excluding hydrogens is 422 g/mol. The average Bonchev–Trinajstić information content (AvgIpc) is 2.77. The lowest BCUT2D eigenvalue weighted by molar-refractivity contribution is -0.384. The number of nitro groups is 1. The SMILES string of the molecule is CCNC(=O)c1cccc(NC(=O)COC(=O)c2cc(C(=O)OCC)cc([N+](=O)[O-])c2)c1. The summed E-state index contributed by atoms with van der Waals surface area (Å²) in [6, 6.07) is 9.14. The largest absolute Gasteiger partial charge is 0.462 e. The van der Waals surface area contributed by atoms with Gasteiger partial charge in [0.1, 0.15) is 0 Å². The molecule has 2 N–H and O–H groups in total. The Labute approximate surface area is 182 Å². The molecule has 0 aromatic heterocycles. The van der Waals surface area contributed by atoms with Crippen LogP contribution in [0.3, 0.4) is 0 Å². The number of hydrogen-bond donors (Lipinski definition) is 2. The van der Waals surface area contributed by atoms with E-state index in [-0.39, 0.29) is 23.6 Å². The zero-order chi connectivity index (χ0) is 23.7. The second kappa shape index (κ2) is 11.2. The summed E-state index contributed by atoms with van der Waals surface area (Å²) in [5.41, 5.74) is -0.332.